The topological polar surface area (TPSA) is 40.5 Å². The fraction of sp³-hybridized carbons (Fsp3) is 1.00. The molecule has 3 heteroatoms. The van der Waals surface area contributed by atoms with Gasteiger partial charge in [-0.2, -0.15) is 0 Å². The van der Waals surface area contributed by atoms with Crippen molar-refractivity contribution in [3.8, 4) is 0 Å². The molecule has 0 aromatic rings. The van der Waals surface area contributed by atoms with E-state index in [1.165, 1.54) is 13.8 Å². The Morgan fingerprint density at radius 1 is 1.14 bits per heavy atom. The predicted molar refractivity (Wildman–Crippen MR) is 25.2 cm³/mol. The van der Waals surface area contributed by atoms with Gasteiger partial charge in [0.15, 0.2) is 5.79 Å². The smallest absolute Gasteiger partial charge is 0.156 e. The number of hydrogen-bond donors (Lipinski definition) is 2. The molecule has 0 aromatic carbocycles. The van der Waals surface area contributed by atoms with Gasteiger partial charge in [-0.05, 0) is 13.8 Å². The SMILES string of the molecule is C.CC(C)(O)O.[Y]. The van der Waals surface area contributed by atoms with Gasteiger partial charge in [0.05, 0.1) is 0 Å². The first kappa shape index (κ1) is 15.7. The van der Waals surface area contributed by atoms with E-state index in [1.54, 1.807) is 0 Å². The molecule has 0 amide bonds. The van der Waals surface area contributed by atoms with Crippen LogP contribution in [0.15, 0.2) is 0 Å². The molecule has 0 fully saturated rings. The van der Waals surface area contributed by atoms with Crippen LogP contribution in [0.5, 0.6) is 0 Å². The van der Waals surface area contributed by atoms with Crippen LogP contribution in [0.4, 0.5) is 0 Å². The van der Waals surface area contributed by atoms with Gasteiger partial charge in [-0.25, -0.2) is 0 Å². The van der Waals surface area contributed by atoms with Crippen LogP contribution in [-0.4, -0.2) is 16.0 Å². The maximum atomic E-state index is 8.08. The van der Waals surface area contributed by atoms with Crippen molar-refractivity contribution in [2.45, 2.75) is 27.1 Å². The fourth-order valence-corrected chi connectivity index (χ4v) is 0. The van der Waals surface area contributed by atoms with Gasteiger partial charge < -0.3 is 10.2 Å². The molecule has 0 aliphatic carbocycles. The Morgan fingerprint density at radius 3 is 1.14 bits per heavy atom. The van der Waals surface area contributed by atoms with E-state index < -0.39 is 5.79 Å². The molecular weight excluding hydrogens is 169 g/mol. The Morgan fingerprint density at radius 2 is 1.14 bits per heavy atom. The summed E-state index contributed by atoms with van der Waals surface area (Å²) in [5.74, 6) is -1.50. The molecular formula is C4H12O2Y. The van der Waals surface area contributed by atoms with Gasteiger partial charge in [0.25, 0.3) is 0 Å². The average Bonchev–Trinajstić information content (AvgIpc) is 0.722. The number of aliphatic hydroxyl groups is 2. The molecule has 7 heavy (non-hydrogen) atoms. The Hall–Kier alpha value is 1.02. The molecule has 0 aliphatic heterocycles. The van der Waals surface area contributed by atoms with E-state index in [0.717, 1.165) is 0 Å². The molecule has 2 nitrogen and oxygen atoms in total. The second-order valence-electron chi connectivity index (χ2n) is 1.49. The molecule has 0 aliphatic rings. The maximum Gasteiger partial charge on any atom is 0.156 e. The van der Waals surface area contributed by atoms with E-state index in [2.05, 4.69) is 0 Å². The van der Waals surface area contributed by atoms with Crippen molar-refractivity contribution in [3.63, 3.8) is 0 Å². The molecule has 0 atom stereocenters. The monoisotopic (exact) mass is 181 g/mol. The van der Waals surface area contributed by atoms with Crippen LogP contribution in [0, 0.1) is 0 Å². The first-order valence-corrected chi connectivity index (χ1v) is 1.45. The van der Waals surface area contributed by atoms with Crippen molar-refractivity contribution >= 4 is 0 Å². The normalized spacial score (nSPS) is 8.57. The van der Waals surface area contributed by atoms with Crippen LogP contribution < -0.4 is 0 Å². The van der Waals surface area contributed by atoms with Gasteiger partial charge in [0.1, 0.15) is 0 Å². The summed E-state index contributed by atoms with van der Waals surface area (Å²) in [6, 6.07) is 0. The second-order valence-corrected chi connectivity index (χ2v) is 1.49. The van der Waals surface area contributed by atoms with E-state index in [-0.39, 0.29) is 40.1 Å². The van der Waals surface area contributed by atoms with Crippen molar-refractivity contribution < 1.29 is 42.9 Å². The summed E-state index contributed by atoms with van der Waals surface area (Å²) in [5, 5.41) is 16.2. The largest absolute Gasteiger partial charge is 0.366 e. The summed E-state index contributed by atoms with van der Waals surface area (Å²) in [6.45, 7) is 2.60. The van der Waals surface area contributed by atoms with E-state index in [9.17, 15) is 0 Å². The van der Waals surface area contributed by atoms with Crippen LogP contribution >= 0.6 is 0 Å². The third kappa shape index (κ3) is 169. The zero-order valence-electron chi connectivity index (χ0n) is 3.97. The van der Waals surface area contributed by atoms with E-state index in [0.29, 0.717) is 0 Å². The van der Waals surface area contributed by atoms with Gasteiger partial charge in [-0.3, -0.25) is 0 Å². The summed E-state index contributed by atoms with van der Waals surface area (Å²) in [5.41, 5.74) is 0. The zero-order valence-corrected chi connectivity index (χ0v) is 6.81. The molecule has 0 saturated carbocycles. The van der Waals surface area contributed by atoms with E-state index in [1.807, 2.05) is 0 Å². The third-order valence-corrected chi connectivity index (χ3v) is 0. The van der Waals surface area contributed by atoms with Crippen LogP contribution in [0.3, 0.4) is 0 Å². The van der Waals surface area contributed by atoms with Crippen molar-refractivity contribution in [1.82, 2.24) is 0 Å². The first-order chi connectivity index (χ1) is 2.00. The Kier molecular flexibility index (Phi) is 11.6. The van der Waals surface area contributed by atoms with Crippen molar-refractivity contribution in [2.75, 3.05) is 0 Å². The van der Waals surface area contributed by atoms with Gasteiger partial charge >= 0.3 is 0 Å². The quantitative estimate of drug-likeness (QED) is 0.529. The predicted octanol–water partition coefficient (Wildman–Crippen LogP) is 0.341. The van der Waals surface area contributed by atoms with Gasteiger partial charge in [0, 0.05) is 32.7 Å². The minimum absolute atomic E-state index is 0. The first-order valence-electron chi connectivity index (χ1n) is 1.45. The van der Waals surface area contributed by atoms with Crippen LogP contribution in [0.2, 0.25) is 0 Å². The van der Waals surface area contributed by atoms with Crippen LogP contribution in [-0.2, 0) is 32.7 Å². The molecule has 0 bridgehead atoms. The summed E-state index contributed by atoms with van der Waals surface area (Å²) in [4.78, 5) is 0. The van der Waals surface area contributed by atoms with Gasteiger partial charge in [-0.1, -0.05) is 7.43 Å². The third-order valence-electron chi connectivity index (χ3n) is 0. The minimum atomic E-state index is -1.50. The Balaban J connectivity index is -0.0000000800. The van der Waals surface area contributed by atoms with Crippen molar-refractivity contribution in [1.29, 1.82) is 0 Å². The van der Waals surface area contributed by atoms with Crippen LogP contribution in [0.25, 0.3) is 0 Å². The summed E-state index contributed by atoms with van der Waals surface area (Å²) in [7, 11) is 0. The van der Waals surface area contributed by atoms with Gasteiger partial charge in [-0.15, -0.1) is 0 Å². The molecule has 2 N–H and O–H groups in total. The van der Waals surface area contributed by atoms with Gasteiger partial charge in [0.2, 0.25) is 0 Å². The molecule has 0 rings (SSSR count). The standard InChI is InChI=1S/C3H8O2.CH4.Y/c1-3(2,4)5;;/h4-5H,1-2H3;1H4;. The van der Waals surface area contributed by atoms with Crippen LogP contribution in [0.1, 0.15) is 21.3 Å². The Labute approximate surface area is 69.8 Å². The summed E-state index contributed by atoms with van der Waals surface area (Å²) >= 11 is 0. The molecule has 1 radical (unpaired) electrons. The summed E-state index contributed by atoms with van der Waals surface area (Å²) in [6.07, 6.45) is 0. The van der Waals surface area contributed by atoms with E-state index >= 15 is 0 Å². The number of hydrogen-bond acceptors (Lipinski definition) is 2. The number of rotatable bonds is 0. The van der Waals surface area contributed by atoms with Crippen molar-refractivity contribution in [3.05, 3.63) is 0 Å². The fourth-order valence-electron chi connectivity index (χ4n) is 0. The minimum Gasteiger partial charge on any atom is -0.366 e. The molecule has 0 heterocycles. The molecule has 0 aromatic heterocycles. The molecule has 0 saturated heterocycles. The Bertz CT molecular complexity index is 25.2. The zero-order chi connectivity index (χ0) is 4.50. The molecule has 43 valence electrons. The molecule has 0 spiro atoms. The summed E-state index contributed by atoms with van der Waals surface area (Å²) < 4.78 is 0. The average molecular weight is 181 g/mol. The van der Waals surface area contributed by atoms with Crippen molar-refractivity contribution in [2.24, 2.45) is 0 Å². The second kappa shape index (κ2) is 5.17. The molecule has 0 unspecified atom stereocenters. The maximum absolute atomic E-state index is 8.08. The van der Waals surface area contributed by atoms with E-state index in [4.69, 9.17) is 10.2 Å².